The molecule has 0 aromatic carbocycles. The van der Waals surface area contributed by atoms with E-state index in [0.29, 0.717) is 13.1 Å². The molecule has 5 nitrogen and oxygen atoms in total. The summed E-state index contributed by atoms with van der Waals surface area (Å²) in [6, 6.07) is 0. The Labute approximate surface area is 140 Å². The zero-order valence-corrected chi connectivity index (χ0v) is 15.7. The molecule has 0 aliphatic heterocycles. The highest BCUT2D eigenvalue weighted by atomic mass is 127. The maximum atomic E-state index is 4.38. The van der Waals surface area contributed by atoms with Crippen LogP contribution in [-0.2, 0) is 13.6 Å². The van der Waals surface area contributed by atoms with E-state index in [0.717, 1.165) is 16.1 Å². The molecule has 0 spiro atoms. The highest BCUT2D eigenvalue weighted by molar-refractivity contribution is 14.0. The zero-order chi connectivity index (χ0) is 13.7. The summed E-state index contributed by atoms with van der Waals surface area (Å²) >= 11 is 3.30. The summed E-state index contributed by atoms with van der Waals surface area (Å²) in [6.45, 7) is 9.20. The highest BCUT2D eigenvalue weighted by Gasteiger charge is 2.09. The van der Waals surface area contributed by atoms with Gasteiger partial charge in [-0.2, -0.15) is 5.10 Å². The van der Waals surface area contributed by atoms with Crippen molar-refractivity contribution in [3.8, 4) is 0 Å². The summed E-state index contributed by atoms with van der Waals surface area (Å²) in [4.78, 5) is 4.15. The van der Waals surface area contributed by atoms with Crippen LogP contribution in [0.25, 0.3) is 0 Å². The van der Waals surface area contributed by atoms with Crippen LogP contribution in [0.4, 0.5) is 0 Å². The summed E-state index contributed by atoms with van der Waals surface area (Å²) in [5, 5.41) is 10.8. The van der Waals surface area contributed by atoms with Crippen LogP contribution >= 0.6 is 39.9 Å². The van der Waals surface area contributed by atoms with Gasteiger partial charge >= 0.3 is 0 Å². The zero-order valence-electron chi connectivity index (χ0n) is 11.7. The van der Waals surface area contributed by atoms with Crippen molar-refractivity contribution >= 4 is 45.9 Å². The Morgan fingerprint density at radius 2 is 2.05 bits per heavy atom. The van der Waals surface area contributed by atoms with Crippen molar-refractivity contribution in [3.05, 3.63) is 28.0 Å². The minimum absolute atomic E-state index is 0. The summed E-state index contributed by atoms with van der Waals surface area (Å²) in [7, 11) is 3.70. The standard InChI is InChI=1S/C12H20BrN5.HI/c1-8(13)6-15-12(14-4)16-7-11-9(2)17-18(5)10(11)3;/h1,6-7H2,2-5H3,(H2,14,15,16);1H. The molecule has 1 heterocycles. The van der Waals surface area contributed by atoms with Crippen molar-refractivity contribution < 1.29 is 0 Å². The molecule has 1 aromatic rings. The molecule has 108 valence electrons. The van der Waals surface area contributed by atoms with Gasteiger partial charge in [0.15, 0.2) is 5.96 Å². The molecule has 0 aliphatic carbocycles. The van der Waals surface area contributed by atoms with E-state index in [9.17, 15) is 0 Å². The lowest BCUT2D eigenvalue weighted by Gasteiger charge is -2.11. The van der Waals surface area contributed by atoms with Gasteiger partial charge in [0, 0.05) is 42.9 Å². The second-order valence-electron chi connectivity index (χ2n) is 4.07. The number of hydrogen-bond acceptors (Lipinski definition) is 2. The van der Waals surface area contributed by atoms with Gasteiger partial charge in [-0.15, -0.1) is 24.0 Å². The molecule has 7 heteroatoms. The van der Waals surface area contributed by atoms with Crippen molar-refractivity contribution in [3.63, 3.8) is 0 Å². The van der Waals surface area contributed by atoms with E-state index in [1.54, 1.807) is 7.05 Å². The molecule has 0 saturated carbocycles. The Hall–Kier alpha value is -0.570. The average Bonchev–Trinajstić information content (AvgIpc) is 2.54. The first-order valence-electron chi connectivity index (χ1n) is 5.72. The van der Waals surface area contributed by atoms with Crippen LogP contribution in [0.3, 0.4) is 0 Å². The van der Waals surface area contributed by atoms with Gasteiger partial charge in [0.1, 0.15) is 0 Å². The topological polar surface area (TPSA) is 54.2 Å². The molecule has 0 fully saturated rings. The molecule has 0 amide bonds. The van der Waals surface area contributed by atoms with E-state index < -0.39 is 0 Å². The molecule has 0 aliphatic rings. The van der Waals surface area contributed by atoms with Gasteiger partial charge in [-0.3, -0.25) is 9.67 Å². The summed E-state index contributed by atoms with van der Waals surface area (Å²) in [5.74, 6) is 0.748. The molecular weight excluding hydrogens is 421 g/mol. The third-order valence-electron chi connectivity index (χ3n) is 2.76. The molecule has 2 N–H and O–H groups in total. The quantitative estimate of drug-likeness (QED) is 0.428. The van der Waals surface area contributed by atoms with E-state index in [1.165, 1.54) is 11.3 Å². The van der Waals surface area contributed by atoms with Crippen molar-refractivity contribution in [1.82, 2.24) is 20.4 Å². The van der Waals surface area contributed by atoms with Crippen LogP contribution in [0, 0.1) is 13.8 Å². The number of nitrogens with zero attached hydrogens (tertiary/aromatic N) is 3. The maximum absolute atomic E-state index is 4.38. The lowest BCUT2D eigenvalue weighted by molar-refractivity contribution is 0.729. The minimum atomic E-state index is 0. The predicted molar refractivity (Wildman–Crippen MR) is 94.4 cm³/mol. The number of nitrogens with one attached hydrogen (secondary N) is 2. The monoisotopic (exact) mass is 441 g/mol. The van der Waals surface area contributed by atoms with Gasteiger partial charge < -0.3 is 10.6 Å². The molecule has 0 bridgehead atoms. The largest absolute Gasteiger partial charge is 0.352 e. The first kappa shape index (κ1) is 18.4. The molecule has 1 aromatic heterocycles. The van der Waals surface area contributed by atoms with Gasteiger partial charge in [0.05, 0.1) is 5.69 Å². The fourth-order valence-electron chi connectivity index (χ4n) is 1.65. The van der Waals surface area contributed by atoms with Gasteiger partial charge in [0.2, 0.25) is 0 Å². The molecule has 1 rings (SSSR count). The van der Waals surface area contributed by atoms with E-state index in [2.05, 4.69) is 50.2 Å². The van der Waals surface area contributed by atoms with Crippen molar-refractivity contribution in [1.29, 1.82) is 0 Å². The fourth-order valence-corrected chi connectivity index (χ4v) is 1.79. The Balaban J connectivity index is 0.00000324. The first-order valence-corrected chi connectivity index (χ1v) is 6.51. The third kappa shape index (κ3) is 5.52. The number of halogens is 2. The van der Waals surface area contributed by atoms with Gasteiger partial charge in [-0.1, -0.05) is 22.5 Å². The maximum Gasteiger partial charge on any atom is 0.191 e. The van der Waals surface area contributed by atoms with E-state index in [1.807, 2.05) is 18.7 Å². The molecule has 19 heavy (non-hydrogen) atoms. The van der Waals surface area contributed by atoms with E-state index in [-0.39, 0.29) is 24.0 Å². The number of hydrogen-bond donors (Lipinski definition) is 2. The third-order valence-corrected chi connectivity index (χ3v) is 3.04. The molecule has 0 saturated heterocycles. The Morgan fingerprint density at radius 1 is 1.42 bits per heavy atom. The molecule has 0 radical (unpaired) electrons. The summed E-state index contributed by atoms with van der Waals surface area (Å²) in [6.07, 6.45) is 0. The number of guanidine groups is 1. The van der Waals surface area contributed by atoms with Crippen molar-refractivity contribution in [2.75, 3.05) is 13.6 Å². The van der Waals surface area contributed by atoms with Crippen LogP contribution in [0.15, 0.2) is 16.1 Å². The predicted octanol–water partition coefficient (Wildman–Crippen LogP) is 2.23. The molecule has 0 atom stereocenters. The van der Waals surface area contributed by atoms with Crippen LogP contribution in [0.1, 0.15) is 17.0 Å². The minimum Gasteiger partial charge on any atom is -0.352 e. The molecular formula is C12H21BrIN5. The van der Waals surface area contributed by atoms with Gasteiger partial charge in [-0.25, -0.2) is 0 Å². The first-order chi connectivity index (χ1) is 8.45. The highest BCUT2D eigenvalue weighted by Crippen LogP contribution is 2.10. The average molecular weight is 442 g/mol. The van der Waals surface area contributed by atoms with E-state index in [4.69, 9.17) is 0 Å². The summed E-state index contributed by atoms with van der Waals surface area (Å²) in [5.41, 5.74) is 3.42. The molecule has 0 unspecified atom stereocenters. The van der Waals surface area contributed by atoms with E-state index >= 15 is 0 Å². The second-order valence-corrected chi connectivity index (χ2v) is 5.19. The Morgan fingerprint density at radius 3 is 2.47 bits per heavy atom. The number of aromatic nitrogens is 2. The fraction of sp³-hybridized carbons (Fsp3) is 0.500. The lowest BCUT2D eigenvalue weighted by Crippen LogP contribution is -2.37. The normalized spacial score (nSPS) is 10.9. The number of aryl methyl sites for hydroxylation is 2. The van der Waals surface area contributed by atoms with Crippen LogP contribution < -0.4 is 10.6 Å². The number of rotatable bonds is 4. The lowest BCUT2D eigenvalue weighted by atomic mass is 10.2. The SMILES string of the molecule is C=C(Br)CNC(=NC)NCc1c(C)nn(C)c1C.I. The van der Waals surface area contributed by atoms with Gasteiger partial charge in [0.25, 0.3) is 0 Å². The van der Waals surface area contributed by atoms with Crippen LogP contribution in [0.2, 0.25) is 0 Å². The van der Waals surface area contributed by atoms with Crippen molar-refractivity contribution in [2.45, 2.75) is 20.4 Å². The van der Waals surface area contributed by atoms with Crippen molar-refractivity contribution in [2.24, 2.45) is 12.0 Å². The van der Waals surface area contributed by atoms with Crippen LogP contribution in [0.5, 0.6) is 0 Å². The second kappa shape index (κ2) is 8.57. The van der Waals surface area contributed by atoms with Gasteiger partial charge in [-0.05, 0) is 13.8 Å². The van der Waals surface area contributed by atoms with Crippen LogP contribution in [-0.4, -0.2) is 29.3 Å². The Bertz CT molecular complexity index is 467. The Kier molecular flexibility index (Phi) is 8.31. The number of aliphatic imine (C=N–C) groups is 1. The smallest absolute Gasteiger partial charge is 0.191 e. The summed E-state index contributed by atoms with van der Waals surface area (Å²) < 4.78 is 2.78.